The number of benzene rings is 1. The van der Waals surface area contributed by atoms with Crippen molar-refractivity contribution in [2.45, 2.75) is 26.2 Å². The summed E-state index contributed by atoms with van der Waals surface area (Å²) in [6.45, 7) is 6.69. The highest BCUT2D eigenvalue weighted by molar-refractivity contribution is 14.1. The maximum atomic E-state index is 8.76. The highest BCUT2D eigenvalue weighted by Crippen LogP contribution is 2.35. The summed E-state index contributed by atoms with van der Waals surface area (Å²) < 4.78 is 1.30. The van der Waals surface area contributed by atoms with E-state index in [1.54, 1.807) is 30.3 Å². The number of hydrogen-bond acceptors (Lipinski definition) is 5. The fourth-order valence-corrected chi connectivity index (χ4v) is 2.61. The van der Waals surface area contributed by atoms with Crippen LogP contribution in [0.25, 0.3) is 0 Å². The molecule has 1 aromatic rings. The standard InChI is InChI=1S/C10H13I.C10HN5/c1-10(2,3)8-4-6-9(11)7-5-8;11-1-6-7(2-12)9(4-14)10(5-15)8(6)3-13/h4-7H,1-3H3;6H. The normalized spacial score (nSPS) is 13.5. The highest BCUT2D eigenvalue weighted by atomic mass is 127. The van der Waals surface area contributed by atoms with E-state index in [9.17, 15) is 0 Å². The van der Waals surface area contributed by atoms with Crippen LogP contribution in [0.3, 0.4) is 0 Å². The van der Waals surface area contributed by atoms with Crippen LogP contribution >= 0.6 is 22.6 Å². The zero-order valence-electron chi connectivity index (χ0n) is 14.5. The van der Waals surface area contributed by atoms with E-state index in [1.165, 1.54) is 9.13 Å². The fourth-order valence-electron chi connectivity index (χ4n) is 2.25. The van der Waals surface area contributed by atoms with E-state index in [0.717, 1.165) is 0 Å². The molecule has 0 aliphatic heterocycles. The van der Waals surface area contributed by atoms with Crippen LogP contribution in [-0.2, 0) is 5.41 Å². The van der Waals surface area contributed by atoms with E-state index in [-0.39, 0.29) is 27.7 Å². The quantitative estimate of drug-likeness (QED) is 0.541. The molecule has 0 amide bonds. The molecule has 26 heavy (non-hydrogen) atoms. The number of allylic oxidation sites excluding steroid dienone is 4. The minimum atomic E-state index is -1.08. The summed E-state index contributed by atoms with van der Waals surface area (Å²) in [6, 6.07) is 17.1. The average molecular weight is 451 g/mol. The largest absolute Gasteiger partial charge is 0.197 e. The third-order valence-corrected chi connectivity index (χ3v) is 4.39. The summed E-state index contributed by atoms with van der Waals surface area (Å²) in [5.41, 5.74) is 1.12. The summed E-state index contributed by atoms with van der Waals surface area (Å²) in [7, 11) is 0. The van der Waals surface area contributed by atoms with E-state index in [1.807, 2.05) is 0 Å². The van der Waals surface area contributed by atoms with Crippen molar-refractivity contribution in [3.8, 4) is 30.3 Å². The van der Waals surface area contributed by atoms with Crippen molar-refractivity contribution in [3.63, 3.8) is 0 Å². The molecule has 0 unspecified atom stereocenters. The minimum absolute atomic E-state index is 0.117. The van der Waals surface area contributed by atoms with Crippen LogP contribution in [0, 0.1) is 66.1 Å². The highest BCUT2D eigenvalue weighted by Gasteiger charge is 2.34. The van der Waals surface area contributed by atoms with Gasteiger partial charge in [0.25, 0.3) is 0 Å². The Hall–Kier alpha value is -3.12. The van der Waals surface area contributed by atoms with Gasteiger partial charge in [0, 0.05) is 3.57 Å². The first-order chi connectivity index (χ1) is 12.2. The molecule has 1 aliphatic rings. The first-order valence-corrected chi connectivity index (χ1v) is 8.57. The lowest BCUT2D eigenvalue weighted by atomic mass is 9.87. The second-order valence-corrected chi connectivity index (χ2v) is 7.59. The van der Waals surface area contributed by atoms with Gasteiger partial charge in [-0.15, -0.1) is 0 Å². The summed E-state index contributed by atoms with van der Waals surface area (Å²) in [4.78, 5) is 0. The Labute approximate surface area is 166 Å². The van der Waals surface area contributed by atoms with Gasteiger partial charge in [0.2, 0.25) is 0 Å². The van der Waals surface area contributed by atoms with E-state index < -0.39 is 5.92 Å². The minimum Gasteiger partial charge on any atom is -0.197 e. The molecular weight excluding hydrogens is 437 g/mol. The Balaban J connectivity index is 0.000000273. The molecule has 0 heterocycles. The van der Waals surface area contributed by atoms with Crippen LogP contribution in [0.1, 0.15) is 26.3 Å². The lowest BCUT2D eigenvalue weighted by Gasteiger charge is -2.18. The van der Waals surface area contributed by atoms with Crippen LogP contribution in [0.2, 0.25) is 0 Å². The van der Waals surface area contributed by atoms with Crippen molar-refractivity contribution >= 4 is 22.6 Å². The predicted molar refractivity (Wildman–Crippen MR) is 103 cm³/mol. The van der Waals surface area contributed by atoms with Gasteiger partial charge >= 0.3 is 0 Å². The van der Waals surface area contributed by atoms with Crippen molar-refractivity contribution < 1.29 is 0 Å². The molecule has 2 rings (SSSR count). The van der Waals surface area contributed by atoms with Gasteiger partial charge in [-0.1, -0.05) is 32.9 Å². The first kappa shape index (κ1) is 20.9. The van der Waals surface area contributed by atoms with Crippen molar-refractivity contribution in [1.82, 2.24) is 0 Å². The lowest BCUT2D eigenvalue weighted by Crippen LogP contribution is -2.10. The number of halogens is 1. The van der Waals surface area contributed by atoms with Crippen LogP contribution < -0.4 is 0 Å². The van der Waals surface area contributed by atoms with E-state index in [2.05, 4.69) is 67.6 Å². The van der Waals surface area contributed by atoms with Crippen molar-refractivity contribution in [2.75, 3.05) is 0 Å². The van der Waals surface area contributed by atoms with Crippen LogP contribution in [0.5, 0.6) is 0 Å². The zero-order chi connectivity index (χ0) is 19.9. The maximum absolute atomic E-state index is 8.76. The fraction of sp³-hybridized carbons (Fsp3) is 0.250. The summed E-state index contributed by atoms with van der Waals surface area (Å²) in [5.74, 6) is -1.08. The van der Waals surface area contributed by atoms with Gasteiger partial charge in [-0.05, 0) is 45.7 Å². The Bertz CT molecular complexity index is 924. The van der Waals surface area contributed by atoms with Gasteiger partial charge in [-0.2, -0.15) is 26.3 Å². The smallest absolute Gasteiger partial charge is 0.119 e. The van der Waals surface area contributed by atoms with Gasteiger partial charge in [0.15, 0.2) is 0 Å². The SMILES string of the molecule is CC(C)(C)c1ccc(I)cc1.N#CC1=C(C#N)C(C#N)C(C#N)=C1C#N. The van der Waals surface area contributed by atoms with E-state index in [4.69, 9.17) is 26.3 Å². The second-order valence-electron chi connectivity index (χ2n) is 6.34. The number of rotatable bonds is 0. The molecule has 1 aliphatic carbocycles. The summed E-state index contributed by atoms with van der Waals surface area (Å²) >= 11 is 2.32. The van der Waals surface area contributed by atoms with Crippen LogP contribution in [-0.4, -0.2) is 0 Å². The molecule has 0 atom stereocenters. The Morgan fingerprint density at radius 3 is 1.46 bits per heavy atom. The molecule has 5 nitrogen and oxygen atoms in total. The molecule has 0 saturated heterocycles. The molecule has 0 fully saturated rings. The average Bonchev–Trinajstić information content (AvgIpc) is 2.93. The van der Waals surface area contributed by atoms with Crippen molar-refractivity contribution in [3.05, 3.63) is 55.7 Å². The van der Waals surface area contributed by atoms with Gasteiger partial charge in [-0.3, -0.25) is 0 Å². The summed E-state index contributed by atoms with van der Waals surface area (Å²) in [5, 5.41) is 43.7. The molecular formula is C20H14IN5. The first-order valence-electron chi connectivity index (χ1n) is 7.49. The Morgan fingerprint density at radius 1 is 0.769 bits per heavy atom. The Morgan fingerprint density at radius 2 is 1.19 bits per heavy atom. The molecule has 0 spiro atoms. The van der Waals surface area contributed by atoms with Gasteiger partial charge in [0.1, 0.15) is 18.1 Å². The topological polar surface area (TPSA) is 119 Å². The van der Waals surface area contributed by atoms with Crippen molar-refractivity contribution in [2.24, 2.45) is 5.92 Å². The van der Waals surface area contributed by atoms with Gasteiger partial charge < -0.3 is 0 Å². The molecule has 126 valence electrons. The predicted octanol–water partition coefficient (Wildman–Crippen LogP) is 4.42. The molecule has 1 aromatic carbocycles. The van der Waals surface area contributed by atoms with Gasteiger partial charge in [-0.25, -0.2) is 0 Å². The monoisotopic (exact) mass is 451 g/mol. The van der Waals surface area contributed by atoms with E-state index in [0.29, 0.717) is 0 Å². The lowest BCUT2D eigenvalue weighted by molar-refractivity contribution is 0.590. The third-order valence-electron chi connectivity index (χ3n) is 3.67. The second kappa shape index (κ2) is 8.82. The van der Waals surface area contributed by atoms with Crippen LogP contribution in [0.4, 0.5) is 0 Å². The number of hydrogen-bond donors (Lipinski definition) is 0. The van der Waals surface area contributed by atoms with Crippen LogP contribution in [0.15, 0.2) is 46.6 Å². The molecule has 0 bridgehead atoms. The van der Waals surface area contributed by atoms with E-state index >= 15 is 0 Å². The van der Waals surface area contributed by atoms with Gasteiger partial charge in [0.05, 0.1) is 40.5 Å². The molecule has 6 heteroatoms. The molecule has 0 saturated carbocycles. The molecule has 0 radical (unpaired) electrons. The molecule has 0 aromatic heterocycles. The van der Waals surface area contributed by atoms with Crippen molar-refractivity contribution in [1.29, 1.82) is 26.3 Å². The number of nitriles is 5. The summed E-state index contributed by atoms with van der Waals surface area (Å²) in [6.07, 6.45) is 0. The number of nitrogens with zero attached hydrogens (tertiary/aromatic N) is 5. The zero-order valence-corrected chi connectivity index (χ0v) is 16.7. The maximum Gasteiger partial charge on any atom is 0.119 e. The third kappa shape index (κ3) is 4.49. The Kier molecular flexibility index (Phi) is 7.10. The molecule has 0 N–H and O–H groups in total.